The molecule has 0 spiro atoms. The SMILES string of the molecule is CC(=O)CCCc1cn(S(=O)(=O)c2ccc(C)cc2)c2cc(F)c(OCCOc3ccc(C)nc3)cc12. The maximum atomic E-state index is 15.1. The largest absolute Gasteiger partial charge is 0.488 e. The van der Waals surface area contributed by atoms with Crippen molar-refractivity contribution in [3.05, 3.63) is 83.6 Å². The highest BCUT2D eigenvalue weighted by molar-refractivity contribution is 7.90. The Morgan fingerprint density at radius 1 is 1.03 bits per heavy atom. The van der Waals surface area contributed by atoms with Crippen molar-refractivity contribution in [1.82, 2.24) is 8.96 Å². The quantitative estimate of drug-likeness (QED) is 0.244. The molecule has 37 heavy (non-hydrogen) atoms. The van der Waals surface area contributed by atoms with Crippen LogP contribution in [0.5, 0.6) is 11.5 Å². The molecule has 0 aliphatic carbocycles. The molecule has 0 fully saturated rings. The topological polar surface area (TPSA) is 87.5 Å². The molecule has 0 saturated heterocycles. The molecule has 7 nitrogen and oxygen atoms in total. The van der Waals surface area contributed by atoms with Crippen LogP contribution in [0.2, 0.25) is 0 Å². The Bertz CT molecular complexity index is 1510. The number of fused-ring (bicyclic) bond motifs is 1. The van der Waals surface area contributed by atoms with E-state index in [4.69, 9.17) is 9.47 Å². The molecule has 0 amide bonds. The summed E-state index contributed by atoms with van der Waals surface area (Å²) in [5.74, 6) is -0.0548. The molecule has 2 aromatic heterocycles. The second-order valence-corrected chi connectivity index (χ2v) is 10.8. The summed E-state index contributed by atoms with van der Waals surface area (Å²) in [6.07, 6.45) is 4.49. The van der Waals surface area contributed by atoms with E-state index in [0.29, 0.717) is 36.0 Å². The average Bonchev–Trinajstić information content (AvgIpc) is 3.21. The fourth-order valence-electron chi connectivity index (χ4n) is 3.97. The van der Waals surface area contributed by atoms with Gasteiger partial charge in [-0.1, -0.05) is 17.7 Å². The second-order valence-electron chi connectivity index (χ2n) is 8.96. The number of halogens is 1. The summed E-state index contributed by atoms with van der Waals surface area (Å²) in [5, 5.41) is 0.555. The smallest absolute Gasteiger partial charge is 0.268 e. The van der Waals surface area contributed by atoms with Gasteiger partial charge < -0.3 is 14.3 Å². The van der Waals surface area contributed by atoms with E-state index in [2.05, 4.69) is 4.98 Å². The molecule has 0 N–H and O–H groups in total. The van der Waals surface area contributed by atoms with Gasteiger partial charge in [-0.15, -0.1) is 0 Å². The summed E-state index contributed by atoms with van der Waals surface area (Å²) < 4.78 is 54.3. The molecular weight excluding hydrogens is 495 g/mol. The molecular formula is C28H29FN2O5S. The van der Waals surface area contributed by atoms with Crippen LogP contribution >= 0.6 is 0 Å². The highest BCUT2D eigenvalue weighted by Gasteiger charge is 2.23. The molecule has 0 atom stereocenters. The predicted octanol–water partition coefficient (Wildman–Crippen LogP) is 5.40. The number of ether oxygens (including phenoxy) is 2. The van der Waals surface area contributed by atoms with Crippen molar-refractivity contribution >= 4 is 26.7 Å². The molecule has 2 heterocycles. The first kappa shape index (κ1) is 26.3. The Morgan fingerprint density at radius 3 is 2.43 bits per heavy atom. The third-order valence-electron chi connectivity index (χ3n) is 5.95. The van der Waals surface area contributed by atoms with Gasteiger partial charge in [0.05, 0.1) is 16.6 Å². The monoisotopic (exact) mass is 524 g/mol. The zero-order chi connectivity index (χ0) is 26.6. The number of aromatic nitrogens is 2. The van der Waals surface area contributed by atoms with Crippen LogP contribution in [0.15, 0.2) is 65.8 Å². The summed E-state index contributed by atoms with van der Waals surface area (Å²) in [6, 6.07) is 12.8. The fourth-order valence-corrected chi connectivity index (χ4v) is 5.36. The molecule has 0 bridgehead atoms. The van der Waals surface area contributed by atoms with Crippen LogP contribution in [-0.4, -0.2) is 36.4 Å². The van der Waals surface area contributed by atoms with Gasteiger partial charge in [-0.3, -0.25) is 4.98 Å². The summed E-state index contributed by atoms with van der Waals surface area (Å²) in [6.45, 7) is 5.52. The summed E-state index contributed by atoms with van der Waals surface area (Å²) in [4.78, 5) is 15.7. The number of carbonyl (C=O) groups is 1. The normalized spacial score (nSPS) is 11.6. The van der Waals surface area contributed by atoms with E-state index in [9.17, 15) is 13.2 Å². The van der Waals surface area contributed by atoms with E-state index in [1.165, 1.54) is 37.4 Å². The van der Waals surface area contributed by atoms with Gasteiger partial charge in [-0.25, -0.2) is 16.8 Å². The Kier molecular flexibility index (Phi) is 7.92. The van der Waals surface area contributed by atoms with Crippen LogP contribution in [0.25, 0.3) is 10.9 Å². The van der Waals surface area contributed by atoms with E-state index in [-0.39, 0.29) is 35.2 Å². The van der Waals surface area contributed by atoms with Crippen molar-refractivity contribution in [2.45, 2.75) is 44.9 Å². The van der Waals surface area contributed by atoms with Gasteiger partial charge in [0.25, 0.3) is 10.0 Å². The van der Waals surface area contributed by atoms with Gasteiger partial charge in [-0.05, 0) is 69.5 Å². The Morgan fingerprint density at radius 2 is 1.76 bits per heavy atom. The third-order valence-corrected chi connectivity index (χ3v) is 7.64. The number of aryl methyl sites for hydroxylation is 3. The van der Waals surface area contributed by atoms with Crippen LogP contribution in [0.3, 0.4) is 0 Å². The Hall–Kier alpha value is -3.72. The van der Waals surface area contributed by atoms with Crippen LogP contribution in [-0.2, 0) is 21.2 Å². The minimum Gasteiger partial charge on any atom is -0.488 e. The highest BCUT2D eigenvalue weighted by Crippen LogP contribution is 2.32. The molecule has 0 aliphatic heterocycles. The predicted molar refractivity (Wildman–Crippen MR) is 139 cm³/mol. The molecule has 9 heteroatoms. The number of pyridine rings is 1. The molecule has 0 aliphatic rings. The van der Waals surface area contributed by atoms with Crippen molar-refractivity contribution < 1.29 is 27.1 Å². The average molecular weight is 525 g/mol. The molecule has 4 rings (SSSR count). The van der Waals surface area contributed by atoms with E-state index >= 15 is 4.39 Å². The molecule has 2 aromatic carbocycles. The number of ketones is 1. The van der Waals surface area contributed by atoms with Crippen LogP contribution in [0.1, 0.15) is 36.6 Å². The first-order valence-corrected chi connectivity index (χ1v) is 13.4. The van der Waals surface area contributed by atoms with Crippen molar-refractivity contribution in [3.63, 3.8) is 0 Å². The van der Waals surface area contributed by atoms with E-state index in [0.717, 1.165) is 15.2 Å². The van der Waals surface area contributed by atoms with Crippen molar-refractivity contribution in [2.75, 3.05) is 13.2 Å². The number of hydrogen-bond acceptors (Lipinski definition) is 6. The van der Waals surface area contributed by atoms with E-state index in [1.54, 1.807) is 24.4 Å². The summed E-state index contributed by atoms with van der Waals surface area (Å²) >= 11 is 0. The molecule has 0 unspecified atom stereocenters. The lowest BCUT2D eigenvalue weighted by Crippen LogP contribution is -2.12. The molecule has 0 saturated carbocycles. The van der Waals surface area contributed by atoms with Crippen molar-refractivity contribution in [1.29, 1.82) is 0 Å². The number of Topliss-reactive ketones (excluding diaryl/α,β-unsaturated/α-hetero) is 1. The van der Waals surface area contributed by atoms with E-state index in [1.807, 2.05) is 19.9 Å². The van der Waals surface area contributed by atoms with Gasteiger partial charge in [-0.2, -0.15) is 0 Å². The minimum absolute atomic E-state index is 0.00330. The van der Waals surface area contributed by atoms with Crippen LogP contribution < -0.4 is 9.47 Å². The zero-order valence-electron chi connectivity index (χ0n) is 21.0. The summed E-state index contributed by atoms with van der Waals surface area (Å²) in [5.41, 5.74) is 2.70. The van der Waals surface area contributed by atoms with Crippen LogP contribution in [0.4, 0.5) is 4.39 Å². The first-order valence-electron chi connectivity index (χ1n) is 12.0. The first-order chi connectivity index (χ1) is 17.6. The van der Waals surface area contributed by atoms with Crippen LogP contribution in [0, 0.1) is 19.7 Å². The maximum absolute atomic E-state index is 15.1. The van der Waals surface area contributed by atoms with Gasteiger partial charge in [0, 0.05) is 29.8 Å². The molecule has 4 aromatic rings. The molecule has 0 radical (unpaired) electrons. The number of hydrogen-bond donors (Lipinski definition) is 0. The van der Waals surface area contributed by atoms with E-state index < -0.39 is 15.8 Å². The third kappa shape index (κ3) is 6.17. The van der Waals surface area contributed by atoms with Crippen molar-refractivity contribution in [2.24, 2.45) is 0 Å². The van der Waals surface area contributed by atoms with Gasteiger partial charge in [0.15, 0.2) is 11.6 Å². The zero-order valence-corrected chi connectivity index (χ0v) is 21.8. The number of carbonyl (C=O) groups excluding carboxylic acids is 1. The number of benzene rings is 2. The summed E-state index contributed by atoms with van der Waals surface area (Å²) in [7, 11) is -3.97. The number of nitrogens with zero attached hydrogens (tertiary/aromatic N) is 2. The standard InChI is InChI=1S/C28H29FN2O5S/c1-19-7-11-24(12-8-19)37(33,34)31-18-22(6-4-5-21(3)32)25-15-28(26(29)16-27(25)31)36-14-13-35-23-10-9-20(2)30-17-23/h7-12,15-18H,4-6,13-14H2,1-3H3. The highest BCUT2D eigenvalue weighted by atomic mass is 32.2. The Labute approximate surface area is 215 Å². The number of rotatable bonds is 11. The molecule has 194 valence electrons. The van der Waals surface area contributed by atoms with Crippen molar-refractivity contribution in [3.8, 4) is 11.5 Å². The van der Waals surface area contributed by atoms with Gasteiger partial charge in [0.2, 0.25) is 0 Å². The minimum atomic E-state index is -3.97. The lowest BCUT2D eigenvalue weighted by molar-refractivity contribution is -0.117. The Balaban J connectivity index is 1.63. The second kappa shape index (κ2) is 11.1. The lowest BCUT2D eigenvalue weighted by atomic mass is 10.1. The lowest BCUT2D eigenvalue weighted by Gasteiger charge is -2.11. The van der Waals surface area contributed by atoms with Gasteiger partial charge >= 0.3 is 0 Å². The van der Waals surface area contributed by atoms with Gasteiger partial charge in [0.1, 0.15) is 24.7 Å². The fraction of sp³-hybridized carbons (Fsp3) is 0.286. The maximum Gasteiger partial charge on any atom is 0.268 e.